The predicted octanol–water partition coefficient (Wildman–Crippen LogP) is 11.2. The first-order chi connectivity index (χ1) is 24.8. The van der Waals surface area contributed by atoms with E-state index in [9.17, 15) is 10.2 Å². The van der Waals surface area contributed by atoms with Crippen LogP contribution in [0.5, 0.6) is 11.5 Å². The maximum atomic E-state index is 10.5. The average Bonchev–Trinajstić information content (AvgIpc) is 3.50. The van der Waals surface area contributed by atoms with Crippen LogP contribution < -0.4 is 19.3 Å². The molecule has 51 heavy (non-hydrogen) atoms. The van der Waals surface area contributed by atoms with Crippen LogP contribution in [-0.2, 0) is 0 Å². The maximum absolute atomic E-state index is 10.5. The summed E-state index contributed by atoms with van der Waals surface area (Å²) in [6, 6.07) is 45.1. The number of nitrogens with one attached hydrogen (secondary N) is 1. The molecule has 7 rings (SSSR count). The summed E-state index contributed by atoms with van der Waals surface area (Å²) in [5.74, 6) is 1.58. The molecule has 0 amide bonds. The number of aromatic amines is 1. The second kappa shape index (κ2) is 14.6. The van der Waals surface area contributed by atoms with Gasteiger partial charge in [0, 0.05) is 68.1 Å². The van der Waals surface area contributed by atoms with E-state index in [4.69, 9.17) is 9.47 Å². The van der Waals surface area contributed by atoms with Gasteiger partial charge in [-0.2, -0.15) is 0 Å². The molecule has 0 aliphatic rings. The molecule has 258 valence electrons. The number of aromatic nitrogens is 1. The van der Waals surface area contributed by atoms with Crippen molar-refractivity contribution in [3.05, 3.63) is 145 Å². The smallest absolute Gasteiger partial charge is 0.121 e. The van der Waals surface area contributed by atoms with Gasteiger partial charge in [0.2, 0.25) is 0 Å². The van der Waals surface area contributed by atoms with E-state index in [1.165, 1.54) is 0 Å². The fourth-order valence-electron chi connectivity index (χ4n) is 6.65. The van der Waals surface area contributed by atoms with Crippen molar-refractivity contribution in [2.24, 2.45) is 0 Å². The molecular formula is C44H43N3O4. The maximum Gasteiger partial charge on any atom is 0.121 e. The fourth-order valence-corrected chi connectivity index (χ4v) is 6.65. The van der Waals surface area contributed by atoms with Crippen molar-refractivity contribution in [1.82, 2.24) is 4.98 Å². The van der Waals surface area contributed by atoms with Crippen molar-refractivity contribution >= 4 is 55.9 Å². The summed E-state index contributed by atoms with van der Waals surface area (Å²) in [6.07, 6.45) is -1.20. The number of H-pyrrole nitrogens is 1. The van der Waals surface area contributed by atoms with Gasteiger partial charge in [-0.15, -0.1) is 0 Å². The third-order valence-corrected chi connectivity index (χ3v) is 9.08. The molecule has 6 aromatic carbocycles. The van der Waals surface area contributed by atoms with Crippen LogP contribution in [0.15, 0.2) is 133 Å². The van der Waals surface area contributed by atoms with Crippen LogP contribution in [0.2, 0.25) is 0 Å². The molecule has 0 radical (unpaired) electrons. The molecule has 7 nitrogen and oxygen atoms in total. The minimum Gasteiger partial charge on any atom is -0.494 e. The molecule has 7 aromatic rings. The van der Waals surface area contributed by atoms with Crippen LogP contribution in [-0.4, -0.2) is 28.4 Å². The van der Waals surface area contributed by atoms with Crippen LogP contribution >= 0.6 is 0 Å². The highest BCUT2D eigenvalue weighted by atomic mass is 16.5. The van der Waals surface area contributed by atoms with E-state index in [0.717, 1.165) is 78.6 Å². The van der Waals surface area contributed by atoms with Gasteiger partial charge >= 0.3 is 0 Å². The molecule has 2 atom stereocenters. The van der Waals surface area contributed by atoms with E-state index >= 15 is 0 Å². The van der Waals surface area contributed by atoms with Gasteiger partial charge in [-0.25, -0.2) is 0 Å². The van der Waals surface area contributed by atoms with Crippen molar-refractivity contribution in [2.75, 3.05) is 23.0 Å². The number of hydrogen-bond donors (Lipinski definition) is 3. The highest BCUT2D eigenvalue weighted by Gasteiger charge is 2.19. The van der Waals surface area contributed by atoms with Gasteiger partial charge < -0.3 is 34.5 Å². The Bertz CT molecular complexity index is 2130. The summed E-state index contributed by atoms with van der Waals surface area (Å²) in [5, 5.41) is 23.1. The van der Waals surface area contributed by atoms with Crippen molar-refractivity contribution in [3.63, 3.8) is 0 Å². The van der Waals surface area contributed by atoms with E-state index in [-0.39, 0.29) is 0 Å². The topological polar surface area (TPSA) is 81.2 Å². The number of benzene rings is 6. The SMILES string of the molecule is CCOc1cccc(N(c2cccc(C(C)O)c2)c2ccc3[nH]c4ccc(N(c5cccc(OCC)c5)c5cccc(C(C)O)c5)cc4c3c2)c1. The van der Waals surface area contributed by atoms with Crippen LogP contribution in [0, 0.1) is 0 Å². The van der Waals surface area contributed by atoms with Gasteiger partial charge in [0.25, 0.3) is 0 Å². The Morgan fingerprint density at radius 1 is 0.490 bits per heavy atom. The van der Waals surface area contributed by atoms with E-state index in [0.29, 0.717) is 13.2 Å². The van der Waals surface area contributed by atoms with Gasteiger partial charge in [0.15, 0.2) is 0 Å². The quantitative estimate of drug-likeness (QED) is 0.119. The van der Waals surface area contributed by atoms with Crippen LogP contribution in [0.25, 0.3) is 21.8 Å². The molecule has 7 heteroatoms. The highest BCUT2D eigenvalue weighted by Crippen LogP contribution is 2.42. The Balaban J connectivity index is 1.40. The van der Waals surface area contributed by atoms with Crippen LogP contribution in [0.1, 0.15) is 51.0 Å². The van der Waals surface area contributed by atoms with E-state index in [1.807, 2.05) is 86.6 Å². The monoisotopic (exact) mass is 677 g/mol. The van der Waals surface area contributed by atoms with Gasteiger partial charge in [-0.1, -0.05) is 36.4 Å². The number of anilines is 6. The Kier molecular flexibility index (Phi) is 9.66. The first kappa shape index (κ1) is 33.7. The Labute approximate surface area is 298 Å². The predicted molar refractivity (Wildman–Crippen MR) is 209 cm³/mol. The third kappa shape index (κ3) is 6.99. The summed E-state index contributed by atoms with van der Waals surface area (Å²) < 4.78 is 11.8. The molecule has 3 N–H and O–H groups in total. The molecule has 1 aromatic heterocycles. The lowest BCUT2D eigenvalue weighted by Crippen LogP contribution is -2.11. The Hall–Kier alpha value is -5.76. The summed E-state index contributed by atoms with van der Waals surface area (Å²) >= 11 is 0. The second-order valence-electron chi connectivity index (χ2n) is 12.7. The molecule has 2 unspecified atom stereocenters. The first-order valence-corrected chi connectivity index (χ1v) is 17.5. The number of rotatable bonds is 12. The molecule has 0 aliphatic carbocycles. The van der Waals surface area contributed by atoms with Crippen molar-refractivity contribution in [1.29, 1.82) is 0 Å². The Morgan fingerprint density at radius 2 is 0.863 bits per heavy atom. The molecule has 0 fully saturated rings. The molecule has 0 saturated carbocycles. The number of ether oxygens (including phenoxy) is 2. The van der Waals surface area contributed by atoms with E-state index in [1.54, 1.807) is 13.8 Å². The number of aliphatic hydroxyl groups excluding tert-OH is 2. The fraction of sp³-hybridized carbons (Fsp3) is 0.182. The molecular weight excluding hydrogens is 635 g/mol. The summed E-state index contributed by atoms with van der Waals surface area (Å²) in [6.45, 7) is 8.67. The number of nitrogens with zero attached hydrogens (tertiary/aromatic N) is 2. The average molecular weight is 678 g/mol. The third-order valence-electron chi connectivity index (χ3n) is 9.08. The molecule has 1 heterocycles. The normalized spacial score (nSPS) is 12.5. The van der Waals surface area contributed by atoms with E-state index < -0.39 is 12.2 Å². The number of fused-ring (bicyclic) bond motifs is 3. The standard InChI is InChI=1S/C44H43N3O4/c1-5-50-39-17-9-15-35(25-39)46(33-13-7-11-31(23-33)29(3)48)37-19-21-43-41(27-37)42-28-38(20-22-44(42)45-43)47(34-14-8-12-32(24-34)30(4)49)36-16-10-18-40(26-36)51-6-2/h7-30,45,48-49H,5-6H2,1-4H3. The molecule has 0 bridgehead atoms. The summed E-state index contributed by atoms with van der Waals surface area (Å²) in [4.78, 5) is 8.02. The zero-order chi connectivity index (χ0) is 35.5. The first-order valence-electron chi connectivity index (χ1n) is 17.5. The number of aliphatic hydroxyl groups is 2. The molecule has 0 spiro atoms. The number of hydrogen-bond acceptors (Lipinski definition) is 6. The second-order valence-corrected chi connectivity index (χ2v) is 12.7. The van der Waals surface area contributed by atoms with Crippen LogP contribution in [0.4, 0.5) is 34.1 Å². The van der Waals surface area contributed by atoms with Gasteiger partial charge in [0.05, 0.1) is 25.4 Å². The van der Waals surface area contributed by atoms with Gasteiger partial charge in [-0.3, -0.25) is 0 Å². The van der Waals surface area contributed by atoms with Gasteiger partial charge in [0.1, 0.15) is 11.5 Å². The summed E-state index contributed by atoms with van der Waals surface area (Å²) in [7, 11) is 0. The molecule has 0 saturated heterocycles. The largest absolute Gasteiger partial charge is 0.494 e. The Morgan fingerprint density at radius 3 is 1.25 bits per heavy atom. The lowest BCUT2D eigenvalue weighted by Gasteiger charge is -2.27. The highest BCUT2D eigenvalue weighted by molar-refractivity contribution is 6.10. The zero-order valence-corrected chi connectivity index (χ0v) is 29.4. The minimum absolute atomic E-state index is 0.570. The van der Waals surface area contributed by atoms with Crippen LogP contribution in [0.3, 0.4) is 0 Å². The van der Waals surface area contributed by atoms with E-state index in [2.05, 4.69) is 75.4 Å². The summed E-state index contributed by atoms with van der Waals surface area (Å²) in [5.41, 5.74) is 9.41. The lowest BCUT2D eigenvalue weighted by atomic mass is 10.1. The van der Waals surface area contributed by atoms with Crippen molar-refractivity contribution in [3.8, 4) is 11.5 Å². The van der Waals surface area contributed by atoms with Gasteiger partial charge in [-0.05, 0) is 124 Å². The lowest BCUT2D eigenvalue weighted by molar-refractivity contribution is 0.199. The molecule has 0 aliphatic heterocycles. The van der Waals surface area contributed by atoms with Crippen molar-refractivity contribution < 1.29 is 19.7 Å². The van der Waals surface area contributed by atoms with Crippen molar-refractivity contribution in [2.45, 2.75) is 39.9 Å². The minimum atomic E-state index is -0.602. The zero-order valence-electron chi connectivity index (χ0n) is 29.4.